The van der Waals surface area contributed by atoms with Gasteiger partial charge in [0.05, 0.1) is 6.54 Å². The Morgan fingerprint density at radius 3 is 2.48 bits per heavy atom. The van der Waals surface area contributed by atoms with Crippen LogP contribution >= 0.6 is 11.6 Å². The molecule has 1 aliphatic rings. The van der Waals surface area contributed by atoms with Crippen LogP contribution in [0, 0.1) is 0 Å². The molecular weight excluding hydrogens is 392 g/mol. The monoisotopic (exact) mass is 412 g/mol. The van der Waals surface area contributed by atoms with Gasteiger partial charge < -0.3 is 14.2 Å². The minimum Gasteiger partial charge on any atom is -0.484 e. The van der Waals surface area contributed by atoms with Crippen LogP contribution in [0.5, 0.6) is 5.75 Å². The molecule has 0 unspecified atom stereocenters. The van der Waals surface area contributed by atoms with Gasteiger partial charge in [-0.3, -0.25) is 9.69 Å². The largest absolute Gasteiger partial charge is 0.484 e. The van der Waals surface area contributed by atoms with Crippen LogP contribution in [-0.2, 0) is 11.3 Å². The van der Waals surface area contributed by atoms with Crippen molar-refractivity contribution < 1.29 is 14.1 Å². The third-order valence-corrected chi connectivity index (χ3v) is 5.01. The SMILES string of the molecule is O=C(COc1ccccc1)N1CCN(Cc2nc(-c3ccc(Cl)cc3)no2)CC1. The van der Waals surface area contributed by atoms with Gasteiger partial charge in [-0.25, -0.2) is 0 Å². The lowest BCUT2D eigenvalue weighted by Crippen LogP contribution is -2.49. The summed E-state index contributed by atoms with van der Waals surface area (Å²) in [6.45, 7) is 3.40. The molecule has 1 amide bonds. The smallest absolute Gasteiger partial charge is 0.260 e. The van der Waals surface area contributed by atoms with Crippen molar-refractivity contribution in [2.45, 2.75) is 6.54 Å². The zero-order chi connectivity index (χ0) is 20.1. The number of halogens is 1. The predicted octanol–water partition coefficient (Wildman–Crippen LogP) is 3.11. The minimum atomic E-state index is -0.00341. The number of piperazine rings is 1. The van der Waals surface area contributed by atoms with E-state index in [1.54, 1.807) is 12.1 Å². The Bertz CT molecular complexity index is 938. The molecule has 0 radical (unpaired) electrons. The summed E-state index contributed by atoms with van der Waals surface area (Å²) in [5, 5.41) is 4.71. The average Bonchev–Trinajstić information content (AvgIpc) is 3.22. The molecule has 0 bridgehead atoms. The lowest BCUT2D eigenvalue weighted by Gasteiger charge is -2.33. The number of amides is 1. The summed E-state index contributed by atoms with van der Waals surface area (Å²) in [6.07, 6.45) is 0. The van der Waals surface area contributed by atoms with Gasteiger partial charge in [0.1, 0.15) is 5.75 Å². The highest BCUT2D eigenvalue weighted by atomic mass is 35.5. The average molecular weight is 413 g/mol. The van der Waals surface area contributed by atoms with E-state index in [9.17, 15) is 4.79 Å². The Morgan fingerprint density at radius 2 is 1.76 bits per heavy atom. The predicted molar refractivity (Wildman–Crippen MR) is 109 cm³/mol. The number of rotatable bonds is 6. The number of benzene rings is 2. The van der Waals surface area contributed by atoms with Gasteiger partial charge >= 0.3 is 0 Å². The first-order chi connectivity index (χ1) is 14.2. The van der Waals surface area contributed by atoms with E-state index < -0.39 is 0 Å². The lowest BCUT2D eigenvalue weighted by atomic mass is 10.2. The number of aromatic nitrogens is 2. The molecular formula is C21H21ClN4O3. The normalized spacial score (nSPS) is 14.7. The fourth-order valence-corrected chi connectivity index (χ4v) is 3.26. The summed E-state index contributed by atoms with van der Waals surface area (Å²) in [6, 6.07) is 16.7. The Labute approximate surface area is 173 Å². The summed E-state index contributed by atoms with van der Waals surface area (Å²) in [7, 11) is 0. The minimum absolute atomic E-state index is 0.00341. The second kappa shape index (κ2) is 9.07. The lowest BCUT2D eigenvalue weighted by molar-refractivity contribution is -0.135. The molecule has 1 aliphatic heterocycles. The topological polar surface area (TPSA) is 71.7 Å². The Morgan fingerprint density at radius 1 is 1.03 bits per heavy atom. The van der Waals surface area contributed by atoms with E-state index in [0.717, 1.165) is 18.7 Å². The van der Waals surface area contributed by atoms with E-state index in [1.165, 1.54) is 0 Å². The Kier molecular flexibility index (Phi) is 6.07. The third kappa shape index (κ3) is 5.13. The van der Waals surface area contributed by atoms with Crippen LogP contribution in [0.15, 0.2) is 59.1 Å². The number of carbonyl (C=O) groups excluding carboxylic acids is 1. The van der Waals surface area contributed by atoms with Crippen LogP contribution in [0.4, 0.5) is 0 Å². The van der Waals surface area contributed by atoms with E-state index in [1.807, 2.05) is 47.4 Å². The number of para-hydroxylation sites is 1. The van der Waals surface area contributed by atoms with Crippen LogP contribution < -0.4 is 4.74 Å². The Hall–Kier alpha value is -2.90. The van der Waals surface area contributed by atoms with Gasteiger partial charge in [-0.15, -0.1) is 0 Å². The first-order valence-corrected chi connectivity index (χ1v) is 9.82. The second-order valence-electron chi connectivity index (χ2n) is 6.78. The molecule has 0 atom stereocenters. The highest BCUT2D eigenvalue weighted by Gasteiger charge is 2.23. The molecule has 7 nitrogen and oxygen atoms in total. The third-order valence-electron chi connectivity index (χ3n) is 4.76. The Balaban J connectivity index is 1.25. The van der Waals surface area contributed by atoms with E-state index in [0.29, 0.717) is 42.1 Å². The molecule has 29 heavy (non-hydrogen) atoms. The summed E-state index contributed by atoms with van der Waals surface area (Å²) in [4.78, 5) is 20.8. The van der Waals surface area contributed by atoms with Crippen molar-refractivity contribution in [3.63, 3.8) is 0 Å². The van der Waals surface area contributed by atoms with E-state index in [-0.39, 0.29) is 12.5 Å². The van der Waals surface area contributed by atoms with Crippen LogP contribution in [0.25, 0.3) is 11.4 Å². The highest BCUT2D eigenvalue weighted by molar-refractivity contribution is 6.30. The molecule has 0 N–H and O–H groups in total. The van der Waals surface area contributed by atoms with Gasteiger partial charge in [0, 0.05) is 36.8 Å². The molecule has 1 fully saturated rings. The number of hydrogen-bond donors (Lipinski definition) is 0. The van der Waals surface area contributed by atoms with Gasteiger partial charge in [0.25, 0.3) is 5.91 Å². The molecule has 2 aromatic carbocycles. The van der Waals surface area contributed by atoms with Crippen LogP contribution in [0.2, 0.25) is 5.02 Å². The molecule has 1 aromatic heterocycles. The molecule has 4 rings (SSSR count). The second-order valence-corrected chi connectivity index (χ2v) is 7.21. The van der Waals surface area contributed by atoms with Crippen LogP contribution in [0.3, 0.4) is 0 Å². The number of carbonyl (C=O) groups is 1. The number of hydrogen-bond acceptors (Lipinski definition) is 6. The molecule has 0 saturated carbocycles. The van der Waals surface area contributed by atoms with Gasteiger partial charge in [-0.1, -0.05) is 35.0 Å². The van der Waals surface area contributed by atoms with Crippen molar-refractivity contribution in [3.8, 4) is 17.1 Å². The first kappa shape index (κ1) is 19.4. The molecule has 2 heterocycles. The van der Waals surface area contributed by atoms with Crippen molar-refractivity contribution in [3.05, 3.63) is 65.5 Å². The highest BCUT2D eigenvalue weighted by Crippen LogP contribution is 2.19. The first-order valence-electron chi connectivity index (χ1n) is 9.44. The fraction of sp³-hybridized carbons (Fsp3) is 0.286. The van der Waals surface area contributed by atoms with E-state index >= 15 is 0 Å². The quantitative estimate of drug-likeness (QED) is 0.619. The van der Waals surface area contributed by atoms with Gasteiger partial charge in [0.2, 0.25) is 11.7 Å². The van der Waals surface area contributed by atoms with Crippen molar-refractivity contribution in [2.24, 2.45) is 0 Å². The van der Waals surface area contributed by atoms with Gasteiger partial charge in [0.15, 0.2) is 6.61 Å². The maximum Gasteiger partial charge on any atom is 0.260 e. The summed E-state index contributed by atoms with van der Waals surface area (Å²) in [5.41, 5.74) is 0.859. The fourth-order valence-electron chi connectivity index (χ4n) is 3.14. The zero-order valence-electron chi connectivity index (χ0n) is 15.8. The van der Waals surface area contributed by atoms with Crippen LogP contribution in [0.1, 0.15) is 5.89 Å². The molecule has 3 aromatic rings. The summed E-state index contributed by atoms with van der Waals surface area (Å²) in [5.74, 6) is 1.80. The molecule has 1 saturated heterocycles. The van der Waals surface area contributed by atoms with Crippen molar-refractivity contribution in [1.29, 1.82) is 0 Å². The van der Waals surface area contributed by atoms with Gasteiger partial charge in [-0.2, -0.15) is 4.98 Å². The maximum atomic E-state index is 12.4. The molecule has 0 aliphatic carbocycles. The standard InChI is InChI=1S/C21H21ClN4O3/c22-17-8-6-16(7-9-17)21-23-19(29-24-21)14-25-10-12-26(13-11-25)20(27)15-28-18-4-2-1-3-5-18/h1-9H,10-15H2. The molecule has 0 spiro atoms. The van der Waals surface area contributed by atoms with E-state index in [4.69, 9.17) is 20.9 Å². The van der Waals surface area contributed by atoms with Crippen molar-refractivity contribution >= 4 is 17.5 Å². The maximum absolute atomic E-state index is 12.4. The summed E-state index contributed by atoms with van der Waals surface area (Å²) < 4.78 is 10.9. The number of ether oxygens (including phenoxy) is 1. The molecule has 150 valence electrons. The van der Waals surface area contributed by atoms with Gasteiger partial charge in [-0.05, 0) is 36.4 Å². The molecule has 8 heteroatoms. The summed E-state index contributed by atoms with van der Waals surface area (Å²) >= 11 is 5.91. The van der Waals surface area contributed by atoms with Crippen molar-refractivity contribution in [2.75, 3.05) is 32.8 Å². The van der Waals surface area contributed by atoms with Crippen LogP contribution in [-0.4, -0.2) is 58.6 Å². The van der Waals surface area contributed by atoms with Crippen molar-refractivity contribution in [1.82, 2.24) is 19.9 Å². The van der Waals surface area contributed by atoms with E-state index in [2.05, 4.69) is 15.0 Å². The zero-order valence-corrected chi connectivity index (χ0v) is 16.6. The number of nitrogens with zero attached hydrogens (tertiary/aromatic N) is 4.